The van der Waals surface area contributed by atoms with E-state index in [-0.39, 0.29) is 11.8 Å². The third-order valence-corrected chi connectivity index (χ3v) is 4.37. The van der Waals surface area contributed by atoms with Crippen LogP contribution in [0.5, 0.6) is 11.5 Å². The van der Waals surface area contributed by atoms with Crippen LogP contribution in [0.2, 0.25) is 10.0 Å². The van der Waals surface area contributed by atoms with Gasteiger partial charge in [0.05, 0.1) is 5.69 Å². The summed E-state index contributed by atoms with van der Waals surface area (Å²) in [5.74, 6) is 1.15. The first-order chi connectivity index (χ1) is 11.6. The lowest BCUT2D eigenvalue weighted by Gasteiger charge is -2.19. The minimum absolute atomic E-state index is 0.0115. The molecule has 0 saturated heterocycles. The van der Waals surface area contributed by atoms with Gasteiger partial charge in [-0.15, -0.1) is 0 Å². The second-order valence-corrected chi connectivity index (χ2v) is 6.54. The quantitative estimate of drug-likeness (QED) is 0.670. The SMILES string of the molecule is O=C(Nc1cc(Cl)ccc1Oc1ccc(Cl)cc1)C1CC=CCC1. The van der Waals surface area contributed by atoms with Gasteiger partial charge in [-0.2, -0.15) is 0 Å². The van der Waals surface area contributed by atoms with Gasteiger partial charge in [0.1, 0.15) is 5.75 Å². The van der Waals surface area contributed by atoms with Gasteiger partial charge < -0.3 is 10.1 Å². The molecule has 5 heteroatoms. The van der Waals surface area contributed by atoms with Crippen LogP contribution < -0.4 is 10.1 Å². The zero-order chi connectivity index (χ0) is 16.9. The standard InChI is InChI=1S/C19H17Cl2NO2/c20-14-6-9-16(10-7-14)24-18-11-8-15(21)12-17(18)22-19(23)13-4-2-1-3-5-13/h1-2,6-13H,3-5H2,(H,22,23). The summed E-state index contributed by atoms with van der Waals surface area (Å²) in [6.45, 7) is 0. The minimum Gasteiger partial charge on any atom is -0.455 e. The highest BCUT2D eigenvalue weighted by Gasteiger charge is 2.20. The molecule has 1 aliphatic rings. The van der Waals surface area contributed by atoms with Crippen molar-refractivity contribution in [3.8, 4) is 11.5 Å². The van der Waals surface area contributed by atoms with Crippen LogP contribution in [0.25, 0.3) is 0 Å². The zero-order valence-corrected chi connectivity index (χ0v) is 14.5. The van der Waals surface area contributed by atoms with Crippen molar-refractivity contribution in [1.29, 1.82) is 0 Å². The Labute approximate surface area is 151 Å². The molecule has 0 fully saturated rings. The van der Waals surface area contributed by atoms with Crippen molar-refractivity contribution in [2.75, 3.05) is 5.32 Å². The second kappa shape index (κ2) is 7.73. The van der Waals surface area contributed by atoms with E-state index < -0.39 is 0 Å². The van der Waals surface area contributed by atoms with Gasteiger partial charge in [0.15, 0.2) is 5.75 Å². The average molecular weight is 362 g/mol. The maximum Gasteiger partial charge on any atom is 0.227 e. The summed E-state index contributed by atoms with van der Waals surface area (Å²) in [5, 5.41) is 4.12. The van der Waals surface area contributed by atoms with Gasteiger partial charge in [0.2, 0.25) is 5.91 Å². The monoisotopic (exact) mass is 361 g/mol. The number of halogens is 2. The summed E-state index contributed by atoms with van der Waals surface area (Å²) in [7, 11) is 0. The smallest absolute Gasteiger partial charge is 0.227 e. The first kappa shape index (κ1) is 16.9. The molecule has 2 aromatic carbocycles. The van der Waals surface area contributed by atoms with Crippen molar-refractivity contribution in [1.82, 2.24) is 0 Å². The molecule has 3 nitrogen and oxygen atoms in total. The van der Waals surface area contributed by atoms with Crippen LogP contribution in [0.15, 0.2) is 54.6 Å². The highest BCUT2D eigenvalue weighted by molar-refractivity contribution is 6.31. The number of benzene rings is 2. The normalized spacial score (nSPS) is 16.7. The number of allylic oxidation sites excluding steroid dienone is 2. The van der Waals surface area contributed by atoms with Gasteiger partial charge in [-0.05, 0) is 61.7 Å². The first-order valence-corrected chi connectivity index (χ1v) is 8.56. The van der Waals surface area contributed by atoms with Crippen molar-refractivity contribution in [2.24, 2.45) is 5.92 Å². The van der Waals surface area contributed by atoms with Gasteiger partial charge >= 0.3 is 0 Å². The van der Waals surface area contributed by atoms with E-state index in [1.165, 1.54) is 0 Å². The summed E-state index contributed by atoms with van der Waals surface area (Å²) in [6, 6.07) is 12.2. The summed E-state index contributed by atoms with van der Waals surface area (Å²) in [6.07, 6.45) is 6.72. The van der Waals surface area contributed by atoms with Crippen molar-refractivity contribution in [3.05, 3.63) is 64.7 Å². The number of carbonyl (C=O) groups is 1. The molecule has 3 rings (SSSR count). The van der Waals surface area contributed by atoms with Crippen molar-refractivity contribution >= 4 is 34.8 Å². The Morgan fingerprint density at radius 1 is 1.04 bits per heavy atom. The molecule has 1 atom stereocenters. The molecule has 1 N–H and O–H groups in total. The summed E-state index contributed by atoms with van der Waals surface area (Å²) < 4.78 is 5.86. The fourth-order valence-corrected chi connectivity index (χ4v) is 2.88. The Balaban J connectivity index is 1.78. The zero-order valence-electron chi connectivity index (χ0n) is 13.0. The van der Waals surface area contributed by atoms with Crippen LogP contribution in [0.4, 0.5) is 5.69 Å². The van der Waals surface area contributed by atoms with Crippen LogP contribution in [0, 0.1) is 5.92 Å². The van der Waals surface area contributed by atoms with Gasteiger partial charge in [0, 0.05) is 16.0 Å². The Kier molecular flexibility index (Phi) is 5.44. The predicted molar refractivity (Wildman–Crippen MR) is 98.1 cm³/mol. The molecule has 0 radical (unpaired) electrons. The molecule has 1 aliphatic carbocycles. The molecule has 1 amide bonds. The maximum atomic E-state index is 12.5. The molecular formula is C19H17Cl2NO2. The number of carbonyl (C=O) groups excluding carboxylic acids is 1. The van der Waals surface area contributed by atoms with E-state index in [1.807, 2.05) is 0 Å². The second-order valence-electron chi connectivity index (χ2n) is 5.67. The van der Waals surface area contributed by atoms with Gasteiger partial charge in [-0.3, -0.25) is 4.79 Å². The largest absolute Gasteiger partial charge is 0.455 e. The van der Waals surface area contributed by atoms with E-state index in [9.17, 15) is 4.79 Å². The molecule has 0 bridgehead atoms. The average Bonchev–Trinajstić information content (AvgIpc) is 2.60. The highest BCUT2D eigenvalue weighted by atomic mass is 35.5. The fourth-order valence-electron chi connectivity index (χ4n) is 2.59. The van der Waals surface area contributed by atoms with Crippen molar-refractivity contribution < 1.29 is 9.53 Å². The topological polar surface area (TPSA) is 38.3 Å². The molecule has 124 valence electrons. The van der Waals surface area contributed by atoms with E-state index in [2.05, 4.69) is 17.5 Å². The number of nitrogens with one attached hydrogen (secondary N) is 1. The molecule has 0 aliphatic heterocycles. The molecule has 0 saturated carbocycles. The van der Waals surface area contributed by atoms with Crippen molar-refractivity contribution in [2.45, 2.75) is 19.3 Å². The number of anilines is 1. The first-order valence-electron chi connectivity index (χ1n) is 7.80. The summed E-state index contributed by atoms with van der Waals surface area (Å²) in [5.41, 5.74) is 0.567. The van der Waals surface area contributed by atoms with Crippen LogP contribution >= 0.6 is 23.2 Å². The third kappa shape index (κ3) is 4.31. The number of hydrogen-bond donors (Lipinski definition) is 1. The lowest BCUT2D eigenvalue weighted by molar-refractivity contribution is -0.120. The number of amides is 1. The molecule has 0 spiro atoms. The Morgan fingerprint density at radius 2 is 1.79 bits per heavy atom. The molecule has 1 unspecified atom stereocenters. The van der Waals surface area contributed by atoms with Crippen molar-refractivity contribution in [3.63, 3.8) is 0 Å². The number of rotatable bonds is 4. The van der Waals surface area contributed by atoms with E-state index >= 15 is 0 Å². The predicted octanol–water partition coefficient (Wildman–Crippen LogP) is 6.08. The van der Waals surface area contributed by atoms with Crippen LogP contribution in [0.3, 0.4) is 0 Å². The molecule has 0 heterocycles. The summed E-state index contributed by atoms with van der Waals surface area (Å²) in [4.78, 5) is 12.5. The van der Waals surface area contributed by atoms with E-state index in [0.717, 1.165) is 19.3 Å². The Bertz CT molecular complexity index is 756. The summed E-state index contributed by atoms with van der Waals surface area (Å²) >= 11 is 12.0. The lowest BCUT2D eigenvalue weighted by Crippen LogP contribution is -2.23. The van der Waals surface area contributed by atoms with E-state index in [0.29, 0.717) is 27.2 Å². The number of hydrogen-bond acceptors (Lipinski definition) is 2. The third-order valence-electron chi connectivity index (χ3n) is 3.88. The van der Waals surface area contributed by atoms with Crippen LogP contribution in [-0.2, 0) is 4.79 Å². The van der Waals surface area contributed by atoms with Gasteiger partial charge in [-0.25, -0.2) is 0 Å². The highest BCUT2D eigenvalue weighted by Crippen LogP contribution is 2.33. The van der Waals surface area contributed by atoms with Gasteiger partial charge in [0.25, 0.3) is 0 Å². The Morgan fingerprint density at radius 3 is 2.50 bits per heavy atom. The molecule has 24 heavy (non-hydrogen) atoms. The molecule has 0 aromatic heterocycles. The fraction of sp³-hybridized carbons (Fsp3) is 0.211. The number of ether oxygens (including phenoxy) is 1. The van der Waals surface area contributed by atoms with E-state index in [1.54, 1.807) is 42.5 Å². The lowest BCUT2D eigenvalue weighted by atomic mass is 9.93. The van der Waals surface area contributed by atoms with Crippen LogP contribution in [0.1, 0.15) is 19.3 Å². The Hall–Kier alpha value is -1.97. The maximum absolute atomic E-state index is 12.5. The van der Waals surface area contributed by atoms with Crippen LogP contribution in [-0.4, -0.2) is 5.91 Å². The minimum atomic E-state index is -0.0163. The van der Waals surface area contributed by atoms with E-state index in [4.69, 9.17) is 27.9 Å². The molecular weight excluding hydrogens is 345 g/mol. The molecule has 2 aromatic rings. The van der Waals surface area contributed by atoms with Gasteiger partial charge in [-0.1, -0.05) is 35.4 Å².